The van der Waals surface area contributed by atoms with E-state index >= 15 is 0 Å². The Morgan fingerprint density at radius 2 is 1.89 bits per heavy atom. The van der Waals surface area contributed by atoms with E-state index < -0.39 is 53.9 Å². The van der Waals surface area contributed by atoms with E-state index in [1.54, 1.807) is 30.5 Å². The minimum atomic E-state index is -5.37. The van der Waals surface area contributed by atoms with Gasteiger partial charge in [0.05, 0.1) is 0 Å². The number of pyridine rings is 1. The Morgan fingerprint density at radius 3 is 2.61 bits per heavy atom. The summed E-state index contributed by atoms with van der Waals surface area (Å²) < 4.78 is 71.1. The second-order valence-corrected chi connectivity index (χ2v) is 7.93. The van der Waals surface area contributed by atoms with Crippen LogP contribution in [0, 0.1) is 11.6 Å². The number of amides is 1. The van der Waals surface area contributed by atoms with Crippen molar-refractivity contribution in [2.75, 3.05) is 6.67 Å². The number of nitrogens with zero attached hydrogens (tertiary/aromatic N) is 3. The standard InChI is InChI=1S/C23H15ClF5N3O4/c24-19-20(33)31(10-14-3-1-2-13-9-30-7-6-17(13)14)12-32(36-22(34)23(27,28)29)21(19)35-11-15-4-5-16(25)8-18(15)26/h1-9H,10-12H2. The molecule has 36 heavy (non-hydrogen) atoms. The number of hydrogen-bond donors (Lipinski definition) is 0. The highest BCUT2D eigenvalue weighted by atomic mass is 35.5. The van der Waals surface area contributed by atoms with Crippen LogP contribution in [0.5, 0.6) is 0 Å². The fourth-order valence-electron chi connectivity index (χ4n) is 3.42. The zero-order valence-corrected chi connectivity index (χ0v) is 18.8. The van der Waals surface area contributed by atoms with E-state index in [-0.39, 0.29) is 12.1 Å². The molecule has 0 aliphatic carbocycles. The molecule has 2 heterocycles. The Kier molecular flexibility index (Phi) is 6.97. The average molecular weight is 528 g/mol. The van der Waals surface area contributed by atoms with Gasteiger partial charge < -0.3 is 14.5 Å². The number of carbonyl (C=O) groups excluding carboxylic acids is 2. The fourth-order valence-corrected chi connectivity index (χ4v) is 3.69. The van der Waals surface area contributed by atoms with E-state index in [4.69, 9.17) is 16.3 Å². The number of aromatic nitrogens is 1. The molecule has 4 rings (SSSR count). The van der Waals surface area contributed by atoms with E-state index in [2.05, 4.69) is 9.82 Å². The highest BCUT2D eigenvalue weighted by molar-refractivity contribution is 6.42. The van der Waals surface area contributed by atoms with Crippen LogP contribution in [0.15, 0.2) is 65.8 Å². The smallest absolute Gasteiger partial charge is 0.471 e. The number of rotatable bonds is 6. The van der Waals surface area contributed by atoms with Crippen molar-refractivity contribution >= 4 is 34.2 Å². The monoisotopic (exact) mass is 527 g/mol. The van der Waals surface area contributed by atoms with Crippen molar-refractivity contribution in [1.82, 2.24) is 14.9 Å². The van der Waals surface area contributed by atoms with E-state index in [9.17, 15) is 31.5 Å². The number of fused-ring (bicyclic) bond motifs is 1. The van der Waals surface area contributed by atoms with Crippen LogP contribution >= 0.6 is 11.6 Å². The summed E-state index contributed by atoms with van der Waals surface area (Å²) in [5.74, 6) is -6.02. The summed E-state index contributed by atoms with van der Waals surface area (Å²) in [5, 5.41) is 1.13. The van der Waals surface area contributed by atoms with Crippen molar-refractivity contribution < 1.29 is 41.1 Å². The molecular weight excluding hydrogens is 513 g/mol. The molecule has 188 valence electrons. The molecule has 0 unspecified atom stereocenters. The molecule has 1 aromatic heterocycles. The summed E-state index contributed by atoms with van der Waals surface area (Å²) in [6.45, 7) is -1.45. The van der Waals surface area contributed by atoms with Gasteiger partial charge >= 0.3 is 12.1 Å². The first kappa shape index (κ1) is 25.2. The van der Waals surface area contributed by atoms with E-state index in [0.29, 0.717) is 16.7 Å². The normalized spacial score (nSPS) is 14.4. The van der Waals surface area contributed by atoms with Gasteiger partial charge in [-0.1, -0.05) is 29.8 Å². The summed E-state index contributed by atoms with van der Waals surface area (Å²) in [6.07, 6.45) is -2.23. The molecule has 1 amide bonds. The Labute approximate surface area is 205 Å². The lowest BCUT2D eigenvalue weighted by Gasteiger charge is -2.36. The first-order valence-corrected chi connectivity index (χ1v) is 10.6. The number of hydrogen-bond acceptors (Lipinski definition) is 6. The molecule has 0 radical (unpaired) electrons. The van der Waals surface area contributed by atoms with Crippen LogP contribution in [0.25, 0.3) is 10.8 Å². The van der Waals surface area contributed by atoms with Crippen LogP contribution in [0.3, 0.4) is 0 Å². The van der Waals surface area contributed by atoms with E-state index in [1.807, 2.05) is 0 Å². The lowest BCUT2D eigenvalue weighted by Crippen LogP contribution is -2.48. The van der Waals surface area contributed by atoms with Crippen LogP contribution in [0.2, 0.25) is 0 Å². The van der Waals surface area contributed by atoms with Crippen molar-refractivity contribution in [2.45, 2.75) is 19.3 Å². The molecule has 0 bridgehead atoms. The molecule has 0 spiro atoms. The summed E-state index contributed by atoms with van der Waals surface area (Å²) in [4.78, 5) is 34.0. The van der Waals surface area contributed by atoms with Gasteiger partial charge in [-0.05, 0) is 29.1 Å². The first-order chi connectivity index (χ1) is 17.0. The molecule has 0 atom stereocenters. The molecule has 0 saturated heterocycles. The van der Waals surface area contributed by atoms with Gasteiger partial charge in [0.2, 0.25) is 5.88 Å². The number of benzene rings is 2. The molecule has 2 aromatic carbocycles. The Bertz CT molecular complexity index is 1360. The third-order valence-electron chi connectivity index (χ3n) is 5.12. The maximum Gasteiger partial charge on any atom is 0.493 e. The number of alkyl halides is 3. The second kappa shape index (κ2) is 9.97. The van der Waals surface area contributed by atoms with Crippen molar-refractivity contribution in [2.24, 2.45) is 0 Å². The maximum absolute atomic E-state index is 14.0. The number of hydroxylamine groups is 2. The molecule has 0 saturated carbocycles. The fraction of sp³-hybridized carbons (Fsp3) is 0.174. The summed E-state index contributed by atoms with van der Waals surface area (Å²) in [5.41, 5.74) is 0.433. The van der Waals surface area contributed by atoms with Gasteiger partial charge in [-0.25, -0.2) is 13.6 Å². The largest absolute Gasteiger partial charge is 0.493 e. The third kappa shape index (κ3) is 5.33. The molecule has 1 aliphatic heterocycles. The molecule has 0 N–H and O–H groups in total. The number of carbonyl (C=O) groups is 2. The molecule has 3 aromatic rings. The van der Waals surface area contributed by atoms with Gasteiger partial charge in [0.15, 0.2) is 5.03 Å². The van der Waals surface area contributed by atoms with Gasteiger partial charge in [-0.3, -0.25) is 9.78 Å². The van der Waals surface area contributed by atoms with Crippen LogP contribution in [-0.4, -0.2) is 39.7 Å². The highest BCUT2D eigenvalue weighted by Gasteiger charge is 2.45. The Hall–Kier alpha value is -3.93. The molecule has 7 nitrogen and oxygen atoms in total. The lowest BCUT2D eigenvalue weighted by molar-refractivity contribution is -0.247. The zero-order chi connectivity index (χ0) is 26.0. The summed E-state index contributed by atoms with van der Waals surface area (Å²) in [7, 11) is 0. The van der Waals surface area contributed by atoms with Gasteiger partial charge in [0.25, 0.3) is 5.91 Å². The average Bonchev–Trinajstić information content (AvgIpc) is 2.82. The van der Waals surface area contributed by atoms with Crippen LogP contribution in [0.1, 0.15) is 11.1 Å². The van der Waals surface area contributed by atoms with Crippen LogP contribution in [0.4, 0.5) is 22.0 Å². The zero-order valence-electron chi connectivity index (χ0n) is 18.1. The first-order valence-electron chi connectivity index (χ1n) is 10.2. The third-order valence-corrected chi connectivity index (χ3v) is 5.45. The van der Waals surface area contributed by atoms with Gasteiger partial charge in [0.1, 0.15) is 24.9 Å². The quantitative estimate of drug-likeness (QED) is 0.431. The minimum Gasteiger partial charge on any atom is -0.471 e. The van der Waals surface area contributed by atoms with Crippen molar-refractivity contribution in [3.05, 3.63) is 88.5 Å². The molecular formula is C23H15ClF5N3O4. The maximum atomic E-state index is 14.0. The topological polar surface area (TPSA) is 72.0 Å². The van der Waals surface area contributed by atoms with Gasteiger partial charge in [-0.2, -0.15) is 18.2 Å². The molecule has 1 aliphatic rings. The van der Waals surface area contributed by atoms with Crippen molar-refractivity contribution in [3.8, 4) is 0 Å². The minimum absolute atomic E-state index is 0.115. The highest BCUT2D eigenvalue weighted by Crippen LogP contribution is 2.30. The summed E-state index contributed by atoms with van der Waals surface area (Å²) >= 11 is 6.12. The Balaban J connectivity index is 1.64. The lowest BCUT2D eigenvalue weighted by atomic mass is 10.1. The number of ether oxygens (including phenoxy) is 1. The molecule has 13 heteroatoms. The van der Waals surface area contributed by atoms with Crippen molar-refractivity contribution in [1.29, 1.82) is 0 Å². The van der Waals surface area contributed by atoms with Gasteiger partial charge in [-0.15, -0.1) is 0 Å². The van der Waals surface area contributed by atoms with E-state index in [1.165, 1.54) is 6.20 Å². The predicted octanol–water partition coefficient (Wildman–Crippen LogP) is 4.76. The summed E-state index contributed by atoms with van der Waals surface area (Å²) in [6, 6.07) is 9.44. The Morgan fingerprint density at radius 1 is 1.11 bits per heavy atom. The molecule has 0 fully saturated rings. The van der Waals surface area contributed by atoms with Crippen molar-refractivity contribution in [3.63, 3.8) is 0 Å². The van der Waals surface area contributed by atoms with E-state index in [0.717, 1.165) is 27.8 Å². The van der Waals surface area contributed by atoms with Crippen LogP contribution in [-0.2, 0) is 32.3 Å². The predicted molar refractivity (Wildman–Crippen MR) is 115 cm³/mol. The van der Waals surface area contributed by atoms with Crippen LogP contribution < -0.4 is 0 Å². The number of halogens is 6. The van der Waals surface area contributed by atoms with Gasteiger partial charge in [0, 0.05) is 36.0 Å². The SMILES string of the molecule is O=C1C(Cl)=C(OCc2ccc(F)cc2F)N(OC(=O)C(F)(F)F)CN1Cc1cccc2cnccc12. The second-order valence-electron chi connectivity index (χ2n) is 7.56.